The predicted molar refractivity (Wildman–Crippen MR) is 84.5 cm³/mol. The minimum Gasteiger partial charge on any atom is -0.355 e. The van der Waals surface area contributed by atoms with E-state index in [-0.39, 0.29) is 11.4 Å². The van der Waals surface area contributed by atoms with Crippen LogP contribution in [0.5, 0.6) is 0 Å². The fourth-order valence-corrected chi connectivity index (χ4v) is 2.42. The Morgan fingerprint density at radius 3 is 2.35 bits per heavy atom. The molecule has 1 aromatic carbocycles. The summed E-state index contributed by atoms with van der Waals surface area (Å²) in [5.41, 5.74) is 0.634. The smallest absolute Gasteiger partial charge is 0.276 e. The topological polar surface area (TPSA) is 101 Å². The summed E-state index contributed by atoms with van der Waals surface area (Å²) in [4.78, 5) is 24.3. The summed E-state index contributed by atoms with van der Waals surface area (Å²) in [5.74, 6) is 0.369. The third kappa shape index (κ3) is 3.42. The van der Waals surface area contributed by atoms with Crippen molar-refractivity contribution in [1.29, 1.82) is 0 Å². The molecule has 2 aromatic rings. The van der Waals surface area contributed by atoms with Gasteiger partial charge >= 0.3 is 0 Å². The highest BCUT2D eigenvalue weighted by molar-refractivity contribution is 6.02. The van der Waals surface area contributed by atoms with Gasteiger partial charge in [-0.15, -0.1) is 10.2 Å². The van der Waals surface area contributed by atoms with E-state index in [1.165, 1.54) is 24.3 Å². The summed E-state index contributed by atoms with van der Waals surface area (Å²) in [5, 5.41) is 21.3. The van der Waals surface area contributed by atoms with Gasteiger partial charge in [-0.2, -0.15) is 0 Å². The van der Waals surface area contributed by atoms with Crippen molar-refractivity contribution in [3.8, 4) is 0 Å². The maximum Gasteiger partial charge on any atom is 0.276 e. The van der Waals surface area contributed by atoms with Crippen LogP contribution in [0.3, 0.4) is 0 Å². The zero-order chi connectivity index (χ0) is 16.2. The Hall–Kier alpha value is -3.03. The van der Waals surface area contributed by atoms with Crippen LogP contribution in [0.1, 0.15) is 23.3 Å². The first-order valence-corrected chi connectivity index (χ1v) is 7.28. The second-order valence-electron chi connectivity index (χ2n) is 5.23. The van der Waals surface area contributed by atoms with Crippen molar-refractivity contribution in [3.63, 3.8) is 0 Å². The average molecular weight is 313 g/mol. The molecule has 0 unspecified atom stereocenters. The lowest BCUT2D eigenvalue weighted by molar-refractivity contribution is -0.384. The largest absolute Gasteiger partial charge is 0.355 e. The molecule has 0 saturated carbocycles. The van der Waals surface area contributed by atoms with Crippen molar-refractivity contribution in [3.05, 3.63) is 52.2 Å². The molecule has 0 bridgehead atoms. The Morgan fingerprint density at radius 2 is 1.78 bits per heavy atom. The fourth-order valence-electron chi connectivity index (χ4n) is 2.42. The van der Waals surface area contributed by atoms with Gasteiger partial charge < -0.3 is 10.2 Å². The number of non-ortho nitro benzene ring substituents is 1. The van der Waals surface area contributed by atoms with E-state index in [1.54, 1.807) is 12.1 Å². The average Bonchev–Trinajstić information content (AvgIpc) is 3.10. The normalized spacial score (nSPS) is 13.8. The van der Waals surface area contributed by atoms with E-state index in [2.05, 4.69) is 20.4 Å². The van der Waals surface area contributed by atoms with Crippen LogP contribution >= 0.6 is 0 Å². The van der Waals surface area contributed by atoms with Crippen molar-refractivity contribution in [1.82, 2.24) is 10.2 Å². The van der Waals surface area contributed by atoms with E-state index in [0.717, 1.165) is 31.7 Å². The number of nitro benzene ring substituents is 1. The van der Waals surface area contributed by atoms with E-state index < -0.39 is 10.8 Å². The highest BCUT2D eigenvalue weighted by atomic mass is 16.6. The van der Waals surface area contributed by atoms with Crippen molar-refractivity contribution >= 4 is 23.1 Å². The van der Waals surface area contributed by atoms with Crippen molar-refractivity contribution in [2.45, 2.75) is 12.8 Å². The molecule has 3 rings (SSSR count). The first kappa shape index (κ1) is 14.9. The van der Waals surface area contributed by atoms with E-state index in [0.29, 0.717) is 5.69 Å². The van der Waals surface area contributed by atoms with Gasteiger partial charge in [0.25, 0.3) is 11.6 Å². The molecule has 1 amide bonds. The molecule has 1 aliphatic rings. The van der Waals surface area contributed by atoms with Crippen LogP contribution in [0, 0.1) is 10.1 Å². The third-order valence-electron chi connectivity index (χ3n) is 3.65. The number of amides is 1. The number of rotatable bonds is 4. The number of carbonyl (C=O) groups excluding carboxylic acids is 1. The van der Waals surface area contributed by atoms with Crippen LogP contribution in [0.4, 0.5) is 17.2 Å². The summed E-state index contributed by atoms with van der Waals surface area (Å²) in [6.45, 7) is 1.92. The zero-order valence-corrected chi connectivity index (χ0v) is 12.3. The molecule has 0 aliphatic carbocycles. The highest BCUT2D eigenvalue weighted by Crippen LogP contribution is 2.18. The standard InChI is InChI=1S/C15H15N5O3/c21-15(16-11-3-5-12(6-4-11)20(22)23)13-7-8-14(18-17-13)19-9-1-2-10-19/h3-8H,1-2,9-10H2,(H,16,21). The van der Waals surface area contributed by atoms with E-state index >= 15 is 0 Å². The SMILES string of the molecule is O=C(Nc1ccc([N+](=O)[O-])cc1)c1ccc(N2CCCC2)nn1. The van der Waals surface area contributed by atoms with Gasteiger partial charge in [0.2, 0.25) is 0 Å². The van der Waals surface area contributed by atoms with Gasteiger partial charge in [0.05, 0.1) is 4.92 Å². The molecule has 1 aromatic heterocycles. The van der Waals surface area contributed by atoms with Crippen LogP contribution in [0.25, 0.3) is 0 Å². The molecule has 0 spiro atoms. The maximum atomic E-state index is 12.1. The van der Waals surface area contributed by atoms with E-state index in [1.807, 2.05) is 0 Å². The lowest BCUT2D eigenvalue weighted by Gasteiger charge is -2.15. The second-order valence-corrected chi connectivity index (χ2v) is 5.23. The molecule has 1 aliphatic heterocycles. The minimum absolute atomic E-state index is 0.0299. The van der Waals surface area contributed by atoms with Gasteiger partial charge in [0.1, 0.15) is 0 Å². The molecule has 118 valence electrons. The summed E-state index contributed by atoms with van der Waals surface area (Å²) in [7, 11) is 0. The number of benzene rings is 1. The number of aromatic nitrogens is 2. The Labute approximate surface area is 132 Å². The highest BCUT2D eigenvalue weighted by Gasteiger charge is 2.15. The molecule has 1 N–H and O–H groups in total. The maximum absolute atomic E-state index is 12.1. The molecule has 2 heterocycles. The lowest BCUT2D eigenvalue weighted by Crippen LogP contribution is -2.21. The van der Waals surface area contributed by atoms with Crippen molar-refractivity contribution in [2.75, 3.05) is 23.3 Å². The molecule has 23 heavy (non-hydrogen) atoms. The Morgan fingerprint density at radius 1 is 1.09 bits per heavy atom. The summed E-state index contributed by atoms with van der Waals surface area (Å²) in [6.07, 6.45) is 2.29. The molecule has 1 saturated heterocycles. The molecule has 8 heteroatoms. The molecule has 1 fully saturated rings. The van der Waals surface area contributed by atoms with Crippen LogP contribution in [-0.4, -0.2) is 34.1 Å². The van der Waals surface area contributed by atoms with Gasteiger partial charge in [-0.3, -0.25) is 14.9 Å². The Kier molecular flexibility index (Phi) is 4.13. The van der Waals surface area contributed by atoms with E-state index in [9.17, 15) is 14.9 Å². The molecule has 0 atom stereocenters. The van der Waals surface area contributed by atoms with Crippen molar-refractivity contribution in [2.24, 2.45) is 0 Å². The second kappa shape index (κ2) is 6.39. The molecular weight excluding hydrogens is 298 g/mol. The van der Waals surface area contributed by atoms with Gasteiger partial charge in [-0.05, 0) is 37.1 Å². The molecule has 8 nitrogen and oxygen atoms in total. The number of nitro groups is 1. The first-order chi connectivity index (χ1) is 11.1. The van der Waals surface area contributed by atoms with Gasteiger partial charge in [0.15, 0.2) is 11.5 Å². The zero-order valence-electron chi connectivity index (χ0n) is 12.3. The van der Waals surface area contributed by atoms with Gasteiger partial charge in [0, 0.05) is 30.9 Å². The summed E-state index contributed by atoms with van der Waals surface area (Å²) < 4.78 is 0. The predicted octanol–water partition coefficient (Wildman–Crippen LogP) is 2.24. The number of nitrogens with one attached hydrogen (secondary N) is 1. The monoisotopic (exact) mass is 313 g/mol. The number of nitrogens with zero attached hydrogens (tertiary/aromatic N) is 4. The third-order valence-corrected chi connectivity index (χ3v) is 3.65. The number of anilines is 2. The van der Waals surface area contributed by atoms with Gasteiger partial charge in [-0.25, -0.2) is 0 Å². The summed E-state index contributed by atoms with van der Waals surface area (Å²) in [6, 6.07) is 9.02. The van der Waals surface area contributed by atoms with Crippen LogP contribution in [0.15, 0.2) is 36.4 Å². The number of hydrogen-bond acceptors (Lipinski definition) is 6. The number of carbonyl (C=O) groups is 1. The Bertz CT molecular complexity index is 709. The Balaban J connectivity index is 1.66. The summed E-state index contributed by atoms with van der Waals surface area (Å²) >= 11 is 0. The lowest BCUT2D eigenvalue weighted by atomic mass is 10.2. The minimum atomic E-state index is -0.492. The van der Waals surface area contributed by atoms with Crippen molar-refractivity contribution < 1.29 is 9.72 Å². The molecule has 0 radical (unpaired) electrons. The quantitative estimate of drug-likeness (QED) is 0.686. The van der Waals surface area contributed by atoms with Crippen LogP contribution in [0.2, 0.25) is 0 Å². The number of hydrogen-bond donors (Lipinski definition) is 1. The van der Waals surface area contributed by atoms with Gasteiger partial charge in [-0.1, -0.05) is 0 Å². The molecular formula is C15H15N5O3. The van der Waals surface area contributed by atoms with Crippen LogP contribution < -0.4 is 10.2 Å². The van der Waals surface area contributed by atoms with E-state index in [4.69, 9.17) is 0 Å². The first-order valence-electron chi connectivity index (χ1n) is 7.28. The van der Waals surface area contributed by atoms with Crippen LogP contribution in [-0.2, 0) is 0 Å². The fraction of sp³-hybridized carbons (Fsp3) is 0.267.